The van der Waals surface area contributed by atoms with Crippen LogP contribution in [0.3, 0.4) is 0 Å². The Morgan fingerprint density at radius 2 is 1.52 bits per heavy atom. The van der Waals surface area contributed by atoms with Gasteiger partial charge in [0.05, 0.1) is 5.92 Å². The van der Waals surface area contributed by atoms with Gasteiger partial charge in [0.1, 0.15) is 5.75 Å². The SMILES string of the molecule is C.CC1CCC(C(F)(F)Oc2cc(F)c(F)c(F)c2)CC1.[HH]. The predicted octanol–water partition coefficient (Wildman–Crippen LogP) is 5.78. The third-order valence-electron chi connectivity index (χ3n) is 3.70. The lowest BCUT2D eigenvalue weighted by Gasteiger charge is -2.32. The quantitative estimate of drug-likeness (QED) is 0.507. The summed E-state index contributed by atoms with van der Waals surface area (Å²) in [6, 6.07) is 0.857. The number of alkyl halides is 2. The van der Waals surface area contributed by atoms with Gasteiger partial charge in [0.25, 0.3) is 0 Å². The average Bonchev–Trinajstić information content (AvgIpc) is 2.36. The van der Waals surface area contributed by atoms with Crippen LogP contribution in [0.25, 0.3) is 0 Å². The van der Waals surface area contributed by atoms with Gasteiger partial charge in [0.2, 0.25) is 0 Å². The largest absolute Gasteiger partial charge is 0.432 e. The third-order valence-corrected chi connectivity index (χ3v) is 3.70. The molecule has 1 aromatic rings. The summed E-state index contributed by atoms with van der Waals surface area (Å²) in [5.74, 6) is -6.10. The van der Waals surface area contributed by atoms with Crippen molar-refractivity contribution in [2.45, 2.75) is 46.1 Å². The molecule has 1 aliphatic carbocycles. The van der Waals surface area contributed by atoms with Crippen LogP contribution in [0.15, 0.2) is 12.1 Å². The zero-order chi connectivity index (χ0) is 14.9. The zero-order valence-corrected chi connectivity index (χ0v) is 10.9. The van der Waals surface area contributed by atoms with Gasteiger partial charge in [-0.25, -0.2) is 13.2 Å². The summed E-state index contributed by atoms with van der Waals surface area (Å²) < 4.78 is 70.9. The van der Waals surface area contributed by atoms with Crippen LogP contribution in [0.5, 0.6) is 5.75 Å². The van der Waals surface area contributed by atoms with Crippen LogP contribution in [-0.4, -0.2) is 6.11 Å². The fourth-order valence-corrected chi connectivity index (χ4v) is 2.43. The number of benzene rings is 1. The first-order chi connectivity index (χ1) is 9.29. The van der Waals surface area contributed by atoms with Crippen molar-refractivity contribution >= 4 is 0 Å². The van der Waals surface area contributed by atoms with E-state index in [9.17, 15) is 22.0 Å². The summed E-state index contributed by atoms with van der Waals surface area (Å²) in [4.78, 5) is 0. The lowest BCUT2D eigenvalue weighted by atomic mass is 9.82. The third kappa shape index (κ3) is 4.08. The van der Waals surface area contributed by atoms with Gasteiger partial charge < -0.3 is 4.74 Å². The standard InChI is InChI=1S/C14H15F5O.CH4.H2/c1-8-2-4-9(5-3-8)14(18,19)20-10-6-11(15)13(17)12(16)7-10;;/h6-9H,2-5H2,1H3;1H4;1H. The molecule has 1 saturated carbocycles. The van der Waals surface area contributed by atoms with Crippen molar-refractivity contribution in [2.75, 3.05) is 0 Å². The van der Waals surface area contributed by atoms with Crippen molar-refractivity contribution < 1.29 is 28.1 Å². The fraction of sp³-hybridized carbons (Fsp3) is 0.600. The minimum atomic E-state index is -3.52. The zero-order valence-electron chi connectivity index (χ0n) is 10.9. The van der Waals surface area contributed by atoms with Crippen molar-refractivity contribution in [2.24, 2.45) is 11.8 Å². The minimum Gasteiger partial charge on any atom is -0.432 e. The lowest BCUT2D eigenvalue weighted by molar-refractivity contribution is -0.223. The van der Waals surface area contributed by atoms with Crippen molar-refractivity contribution in [1.29, 1.82) is 0 Å². The molecule has 0 radical (unpaired) electrons. The maximum Gasteiger partial charge on any atom is 0.400 e. The summed E-state index contributed by atoms with van der Waals surface area (Å²) in [6.07, 6.45) is -1.61. The first-order valence-corrected chi connectivity index (χ1v) is 6.51. The van der Waals surface area contributed by atoms with E-state index in [1.165, 1.54) is 0 Å². The Kier molecular flexibility index (Phi) is 5.59. The second-order valence-electron chi connectivity index (χ2n) is 5.32. The molecule has 0 N–H and O–H groups in total. The van der Waals surface area contributed by atoms with Crippen LogP contribution < -0.4 is 4.74 Å². The van der Waals surface area contributed by atoms with Crippen molar-refractivity contribution in [3.63, 3.8) is 0 Å². The van der Waals surface area contributed by atoms with Gasteiger partial charge in [0, 0.05) is 13.6 Å². The summed E-state index contributed by atoms with van der Waals surface area (Å²) >= 11 is 0. The van der Waals surface area contributed by atoms with Crippen LogP contribution in [0.1, 0.15) is 41.5 Å². The van der Waals surface area contributed by atoms with E-state index in [1.54, 1.807) is 0 Å². The molecule has 0 saturated heterocycles. The molecule has 1 aliphatic rings. The first kappa shape index (κ1) is 17.7. The monoisotopic (exact) mass is 312 g/mol. The summed E-state index contributed by atoms with van der Waals surface area (Å²) in [5, 5.41) is 0. The van der Waals surface area contributed by atoms with Crippen molar-refractivity contribution in [1.82, 2.24) is 0 Å². The highest BCUT2D eigenvalue weighted by Crippen LogP contribution is 2.40. The van der Waals surface area contributed by atoms with Gasteiger partial charge in [-0.1, -0.05) is 27.2 Å². The van der Waals surface area contributed by atoms with Gasteiger partial charge in [-0.3, -0.25) is 0 Å². The highest BCUT2D eigenvalue weighted by molar-refractivity contribution is 5.25. The molecule has 1 aromatic carbocycles. The van der Waals surface area contributed by atoms with Gasteiger partial charge in [-0.05, 0) is 18.8 Å². The molecule has 0 aromatic heterocycles. The van der Waals surface area contributed by atoms with E-state index in [-0.39, 0.29) is 8.85 Å². The Morgan fingerprint density at radius 1 is 1.05 bits per heavy atom. The Morgan fingerprint density at radius 3 is 2.00 bits per heavy atom. The fourth-order valence-electron chi connectivity index (χ4n) is 2.43. The van der Waals surface area contributed by atoms with E-state index in [4.69, 9.17) is 0 Å². The van der Waals surface area contributed by atoms with Crippen LogP contribution in [-0.2, 0) is 0 Å². The van der Waals surface area contributed by atoms with Crippen LogP contribution >= 0.6 is 0 Å². The Labute approximate surface area is 122 Å². The Bertz CT molecular complexity index is 464. The molecule has 0 heterocycles. The molecule has 0 aliphatic heterocycles. The predicted molar refractivity (Wildman–Crippen MR) is 71.9 cm³/mol. The number of halogens is 5. The van der Waals surface area contributed by atoms with Crippen molar-refractivity contribution in [3.8, 4) is 5.75 Å². The van der Waals surface area contributed by atoms with Gasteiger partial charge in [0.15, 0.2) is 17.5 Å². The van der Waals surface area contributed by atoms with E-state index in [2.05, 4.69) is 4.74 Å². The van der Waals surface area contributed by atoms with Crippen molar-refractivity contribution in [3.05, 3.63) is 29.6 Å². The maximum atomic E-state index is 13.9. The van der Waals surface area contributed by atoms with Gasteiger partial charge in [-0.15, -0.1) is 0 Å². The molecule has 1 fully saturated rings. The molecular weight excluding hydrogens is 291 g/mol. The number of ether oxygens (including phenoxy) is 1. The molecule has 2 rings (SSSR count). The van der Waals surface area contributed by atoms with E-state index < -0.39 is 35.2 Å². The molecule has 122 valence electrons. The van der Waals surface area contributed by atoms with E-state index >= 15 is 0 Å². The minimum absolute atomic E-state index is 0. The normalized spacial score (nSPS) is 22.6. The number of hydrogen-bond acceptors (Lipinski definition) is 1. The average molecular weight is 312 g/mol. The van der Waals surface area contributed by atoms with Gasteiger partial charge in [-0.2, -0.15) is 8.78 Å². The molecule has 0 unspecified atom stereocenters. The lowest BCUT2D eigenvalue weighted by Crippen LogP contribution is -2.37. The molecule has 1 nitrogen and oxygen atoms in total. The maximum absolute atomic E-state index is 13.9. The molecule has 6 heteroatoms. The topological polar surface area (TPSA) is 9.23 Å². The van der Waals surface area contributed by atoms with E-state index in [0.29, 0.717) is 43.7 Å². The molecular formula is C15H21F5O. The molecule has 0 atom stereocenters. The second-order valence-corrected chi connectivity index (χ2v) is 5.32. The first-order valence-electron chi connectivity index (χ1n) is 6.51. The number of hydrogen-bond donors (Lipinski definition) is 0. The Hall–Kier alpha value is -1.33. The van der Waals surface area contributed by atoms with E-state index in [1.807, 2.05) is 6.92 Å². The summed E-state index contributed by atoms with van der Waals surface area (Å²) in [6.45, 7) is 1.99. The molecule has 0 amide bonds. The van der Waals surface area contributed by atoms with Crippen LogP contribution in [0.4, 0.5) is 22.0 Å². The molecule has 21 heavy (non-hydrogen) atoms. The highest BCUT2D eigenvalue weighted by Gasteiger charge is 2.43. The summed E-state index contributed by atoms with van der Waals surface area (Å²) in [5.41, 5.74) is 0. The Balaban J connectivity index is 0.00000220. The second kappa shape index (κ2) is 6.62. The smallest absolute Gasteiger partial charge is 0.400 e. The highest BCUT2D eigenvalue weighted by atomic mass is 19.3. The summed E-state index contributed by atoms with van der Waals surface area (Å²) in [7, 11) is 0. The molecule has 0 bridgehead atoms. The van der Waals surface area contributed by atoms with Crippen LogP contribution in [0, 0.1) is 29.3 Å². The van der Waals surface area contributed by atoms with Crippen LogP contribution in [0.2, 0.25) is 0 Å². The van der Waals surface area contributed by atoms with Gasteiger partial charge >= 0.3 is 6.11 Å². The van der Waals surface area contributed by atoms with E-state index in [0.717, 1.165) is 0 Å². The molecule has 0 spiro atoms. The number of rotatable bonds is 3.